The number of H-pyrrole nitrogens is 1. The van der Waals surface area contributed by atoms with Gasteiger partial charge in [0.2, 0.25) is 0 Å². The molecule has 0 spiro atoms. The molecule has 0 aliphatic carbocycles. The summed E-state index contributed by atoms with van der Waals surface area (Å²) in [4.78, 5) is 7.84. The molecular weight excluding hydrogens is 256 g/mol. The molecule has 0 bridgehead atoms. The van der Waals surface area contributed by atoms with Crippen molar-refractivity contribution in [2.75, 3.05) is 0 Å². The van der Waals surface area contributed by atoms with Crippen molar-refractivity contribution in [1.82, 2.24) is 9.97 Å². The number of rotatable bonds is 7. The molecule has 102 valence electrons. The highest BCUT2D eigenvalue weighted by Gasteiger charge is 2.20. The van der Waals surface area contributed by atoms with Gasteiger partial charge in [-0.05, 0) is 25.0 Å². The molecule has 2 aromatic rings. The Hall–Kier alpha value is -1.26. The molecule has 0 aliphatic heterocycles. The highest BCUT2D eigenvalue weighted by atomic mass is 32.2. The lowest BCUT2D eigenvalue weighted by molar-refractivity contribution is 0.171. The van der Waals surface area contributed by atoms with Crippen molar-refractivity contribution in [3.8, 4) is 0 Å². The van der Waals surface area contributed by atoms with Crippen LogP contribution >= 0.6 is 11.8 Å². The third kappa shape index (κ3) is 3.61. The van der Waals surface area contributed by atoms with Crippen LogP contribution in [0.2, 0.25) is 0 Å². The van der Waals surface area contributed by atoms with Gasteiger partial charge in [0.15, 0.2) is 5.16 Å². The summed E-state index contributed by atoms with van der Waals surface area (Å²) in [5, 5.41) is 11.2. The van der Waals surface area contributed by atoms with Crippen LogP contribution in [0.15, 0.2) is 42.1 Å². The van der Waals surface area contributed by atoms with E-state index in [-0.39, 0.29) is 11.4 Å². The number of aromatic amines is 1. The summed E-state index contributed by atoms with van der Waals surface area (Å²) in [6, 6.07) is 7.98. The summed E-state index contributed by atoms with van der Waals surface area (Å²) in [5.74, 6) is 0. The molecule has 0 amide bonds. The highest BCUT2D eigenvalue weighted by Crippen LogP contribution is 2.29. The summed E-state index contributed by atoms with van der Waals surface area (Å²) in [5.41, 5.74) is 2.01. The topological polar surface area (TPSA) is 48.9 Å². The number of aromatic nitrogens is 2. The van der Waals surface area contributed by atoms with Crippen molar-refractivity contribution >= 4 is 22.8 Å². The third-order valence-corrected chi connectivity index (χ3v) is 4.31. The Labute approximate surface area is 118 Å². The number of nitrogens with zero attached hydrogens (tertiary/aromatic N) is 1. The second kappa shape index (κ2) is 6.78. The molecule has 3 nitrogen and oxygen atoms in total. The van der Waals surface area contributed by atoms with Gasteiger partial charge in [0.05, 0.1) is 17.1 Å². The fourth-order valence-corrected chi connectivity index (χ4v) is 3.29. The summed E-state index contributed by atoms with van der Waals surface area (Å²) >= 11 is 1.62. The van der Waals surface area contributed by atoms with Gasteiger partial charge in [0.1, 0.15) is 0 Å². The van der Waals surface area contributed by atoms with Crippen LogP contribution in [0.25, 0.3) is 11.0 Å². The smallest absolute Gasteiger partial charge is 0.166 e. The molecule has 2 rings (SSSR count). The highest BCUT2D eigenvalue weighted by molar-refractivity contribution is 7.99. The standard InChI is InChI=1S/C15H20N2OS/c1-3-7-13(18)14(8-4-2)19-15-16-11-9-5-6-10-12(11)17-15/h3,5-6,9-10,13-14,18H,1,4,7-8H2,2H3,(H,16,17)/t13?,14-/m0/s1. The second-order valence-electron chi connectivity index (χ2n) is 4.60. The average molecular weight is 276 g/mol. The van der Waals surface area contributed by atoms with E-state index in [0.29, 0.717) is 6.42 Å². The first-order valence-corrected chi connectivity index (χ1v) is 7.53. The number of nitrogens with one attached hydrogen (secondary N) is 1. The third-order valence-electron chi connectivity index (χ3n) is 3.04. The molecule has 0 saturated carbocycles. The van der Waals surface area contributed by atoms with E-state index < -0.39 is 0 Å². The first-order chi connectivity index (χ1) is 9.24. The molecule has 0 aliphatic rings. The minimum atomic E-state index is -0.365. The quantitative estimate of drug-likeness (QED) is 0.598. The van der Waals surface area contributed by atoms with Gasteiger partial charge in [0.25, 0.3) is 0 Å². The van der Waals surface area contributed by atoms with Crippen molar-refractivity contribution in [2.24, 2.45) is 0 Å². The van der Waals surface area contributed by atoms with Gasteiger partial charge in [-0.3, -0.25) is 0 Å². The van der Waals surface area contributed by atoms with Gasteiger partial charge in [-0.25, -0.2) is 4.98 Å². The van der Waals surface area contributed by atoms with Crippen molar-refractivity contribution in [3.63, 3.8) is 0 Å². The lowest BCUT2D eigenvalue weighted by Gasteiger charge is -2.19. The van der Waals surface area contributed by atoms with E-state index in [1.807, 2.05) is 24.3 Å². The summed E-state index contributed by atoms with van der Waals surface area (Å²) in [6.07, 6.45) is 4.04. The van der Waals surface area contributed by atoms with Gasteiger partial charge >= 0.3 is 0 Å². The second-order valence-corrected chi connectivity index (χ2v) is 5.82. The van der Waals surface area contributed by atoms with Gasteiger partial charge in [-0.2, -0.15) is 0 Å². The number of fused-ring (bicyclic) bond motifs is 1. The number of thioether (sulfide) groups is 1. The summed E-state index contributed by atoms with van der Waals surface area (Å²) in [6.45, 7) is 5.82. The molecule has 1 heterocycles. The number of imidazole rings is 1. The maximum Gasteiger partial charge on any atom is 0.166 e. The van der Waals surface area contributed by atoms with Crippen LogP contribution in [-0.4, -0.2) is 26.4 Å². The normalized spacial score (nSPS) is 14.4. The average Bonchev–Trinajstić information content (AvgIpc) is 2.80. The van der Waals surface area contributed by atoms with E-state index in [1.165, 1.54) is 0 Å². The summed E-state index contributed by atoms with van der Waals surface area (Å²) in [7, 11) is 0. The van der Waals surface area contributed by atoms with Crippen molar-refractivity contribution in [3.05, 3.63) is 36.9 Å². The fraction of sp³-hybridized carbons (Fsp3) is 0.400. The molecular formula is C15H20N2OS. The molecule has 0 saturated heterocycles. The molecule has 2 N–H and O–H groups in total. The van der Waals surface area contributed by atoms with Crippen molar-refractivity contribution in [2.45, 2.75) is 42.7 Å². The van der Waals surface area contributed by atoms with Crippen LogP contribution in [0.1, 0.15) is 26.2 Å². The monoisotopic (exact) mass is 276 g/mol. The molecule has 1 aromatic carbocycles. The SMILES string of the molecule is C=CCC(O)[C@H](CCC)Sc1nc2ccccc2[nH]1. The lowest BCUT2D eigenvalue weighted by Crippen LogP contribution is -2.22. The van der Waals surface area contributed by atoms with Gasteiger partial charge < -0.3 is 10.1 Å². The van der Waals surface area contributed by atoms with Gasteiger partial charge in [0, 0.05) is 5.25 Å². The molecule has 19 heavy (non-hydrogen) atoms. The predicted octanol–water partition coefficient (Wildman–Crippen LogP) is 3.76. The zero-order valence-corrected chi connectivity index (χ0v) is 12.0. The van der Waals surface area contributed by atoms with E-state index in [2.05, 4.69) is 23.5 Å². The maximum absolute atomic E-state index is 10.1. The zero-order valence-electron chi connectivity index (χ0n) is 11.2. The Balaban J connectivity index is 2.13. The fourth-order valence-electron chi connectivity index (χ4n) is 2.07. The molecule has 4 heteroatoms. The molecule has 0 fully saturated rings. The van der Waals surface area contributed by atoms with E-state index >= 15 is 0 Å². The van der Waals surface area contributed by atoms with E-state index in [4.69, 9.17) is 0 Å². The number of aliphatic hydroxyl groups excluding tert-OH is 1. The number of para-hydroxylation sites is 2. The first kappa shape index (κ1) is 14.2. The largest absolute Gasteiger partial charge is 0.392 e. The number of benzene rings is 1. The minimum absolute atomic E-state index is 0.156. The van der Waals surface area contributed by atoms with E-state index in [0.717, 1.165) is 29.0 Å². The van der Waals surface area contributed by atoms with Gasteiger partial charge in [-0.15, -0.1) is 6.58 Å². The van der Waals surface area contributed by atoms with Crippen molar-refractivity contribution < 1.29 is 5.11 Å². The van der Waals surface area contributed by atoms with Crippen LogP contribution in [0, 0.1) is 0 Å². The van der Waals surface area contributed by atoms with Crippen LogP contribution in [0.4, 0.5) is 0 Å². The molecule has 1 unspecified atom stereocenters. The number of hydrogen-bond acceptors (Lipinski definition) is 3. The van der Waals surface area contributed by atoms with Crippen molar-refractivity contribution in [1.29, 1.82) is 0 Å². The van der Waals surface area contributed by atoms with E-state index in [9.17, 15) is 5.11 Å². The molecule has 1 aromatic heterocycles. The Morgan fingerprint density at radius 1 is 1.47 bits per heavy atom. The Morgan fingerprint density at radius 3 is 2.95 bits per heavy atom. The Kier molecular flexibility index (Phi) is 5.05. The zero-order chi connectivity index (χ0) is 13.7. The Morgan fingerprint density at radius 2 is 2.26 bits per heavy atom. The molecule has 2 atom stereocenters. The maximum atomic E-state index is 10.1. The predicted molar refractivity (Wildman–Crippen MR) is 81.5 cm³/mol. The van der Waals surface area contributed by atoms with E-state index in [1.54, 1.807) is 17.8 Å². The van der Waals surface area contributed by atoms with Crippen LogP contribution in [0.3, 0.4) is 0 Å². The molecule has 0 radical (unpaired) electrons. The Bertz CT molecular complexity index is 505. The minimum Gasteiger partial charge on any atom is -0.392 e. The lowest BCUT2D eigenvalue weighted by atomic mass is 10.1. The number of hydrogen-bond donors (Lipinski definition) is 2. The van der Waals surface area contributed by atoms with Crippen LogP contribution < -0.4 is 0 Å². The number of aliphatic hydroxyl groups is 1. The van der Waals surface area contributed by atoms with Crippen LogP contribution in [-0.2, 0) is 0 Å². The summed E-state index contributed by atoms with van der Waals surface area (Å²) < 4.78 is 0. The van der Waals surface area contributed by atoms with Crippen LogP contribution in [0.5, 0.6) is 0 Å². The first-order valence-electron chi connectivity index (χ1n) is 6.65. The van der Waals surface area contributed by atoms with Gasteiger partial charge in [-0.1, -0.05) is 43.3 Å².